The van der Waals surface area contributed by atoms with Crippen LogP contribution in [0.5, 0.6) is 11.5 Å². The Kier molecular flexibility index (Phi) is 4.93. The summed E-state index contributed by atoms with van der Waals surface area (Å²) >= 11 is 0. The summed E-state index contributed by atoms with van der Waals surface area (Å²) in [4.78, 5) is 12.3. The quantitative estimate of drug-likeness (QED) is 0.617. The fraction of sp³-hybridized carbons (Fsp3) is 0.200. The van der Waals surface area contributed by atoms with Crippen LogP contribution in [0.1, 0.15) is 27.3 Å². The van der Waals surface area contributed by atoms with Crippen molar-refractivity contribution in [3.05, 3.63) is 71.0 Å². The highest BCUT2D eigenvalue weighted by molar-refractivity contribution is 5.94. The molecule has 6 nitrogen and oxygen atoms in total. The monoisotopic (exact) mass is 351 g/mol. The van der Waals surface area contributed by atoms with E-state index in [1.165, 1.54) is 12.1 Å². The highest BCUT2D eigenvalue weighted by atomic mass is 16.3. The van der Waals surface area contributed by atoms with Gasteiger partial charge in [0, 0.05) is 17.8 Å². The fourth-order valence-electron chi connectivity index (χ4n) is 2.79. The van der Waals surface area contributed by atoms with E-state index in [-0.39, 0.29) is 17.4 Å². The van der Waals surface area contributed by atoms with E-state index >= 15 is 0 Å². The van der Waals surface area contributed by atoms with Crippen molar-refractivity contribution in [2.75, 3.05) is 6.54 Å². The van der Waals surface area contributed by atoms with E-state index in [1.54, 1.807) is 18.2 Å². The molecule has 1 aromatic heterocycles. The van der Waals surface area contributed by atoms with Gasteiger partial charge in [0.2, 0.25) is 0 Å². The van der Waals surface area contributed by atoms with Crippen LogP contribution in [0.4, 0.5) is 0 Å². The smallest absolute Gasteiger partial charge is 0.251 e. The Labute approximate surface area is 151 Å². The second-order valence-electron chi connectivity index (χ2n) is 6.21. The van der Waals surface area contributed by atoms with Gasteiger partial charge in [-0.05, 0) is 68.3 Å². The summed E-state index contributed by atoms with van der Waals surface area (Å²) in [6.45, 7) is 4.36. The summed E-state index contributed by atoms with van der Waals surface area (Å²) in [5.41, 5.74) is 4.30. The third-order valence-electron chi connectivity index (χ3n) is 4.12. The van der Waals surface area contributed by atoms with Gasteiger partial charge in [-0.25, -0.2) is 4.68 Å². The number of hydrogen-bond donors (Lipinski definition) is 3. The molecule has 3 N–H and O–H groups in total. The lowest BCUT2D eigenvalue weighted by molar-refractivity contribution is 0.0954. The van der Waals surface area contributed by atoms with Gasteiger partial charge in [0.05, 0.1) is 11.4 Å². The van der Waals surface area contributed by atoms with Gasteiger partial charge in [-0.15, -0.1) is 0 Å². The Morgan fingerprint density at radius 1 is 1.04 bits per heavy atom. The first kappa shape index (κ1) is 17.5. The normalized spacial score (nSPS) is 10.7. The molecule has 0 unspecified atom stereocenters. The molecule has 6 heteroatoms. The number of nitrogens with zero attached hydrogens (tertiary/aromatic N) is 2. The van der Waals surface area contributed by atoms with Crippen LogP contribution in [0.25, 0.3) is 5.69 Å². The molecule has 0 aliphatic carbocycles. The Bertz CT molecular complexity index is 930. The predicted molar refractivity (Wildman–Crippen MR) is 98.8 cm³/mol. The molecule has 2 aromatic carbocycles. The minimum Gasteiger partial charge on any atom is -0.504 e. The number of carbonyl (C=O) groups excluding carboxylic acids is 1. The van der Waals surface area contributed by atoms with Crippen molar-refractivity contribution in [3.63, 3.8) is 0 Å². The SMILES string of the molecule is Cc1cc(C)n(-c2ccc(C(=O)NCCc3ccc(O)c(O)c3)cc2)n1. The highest BCUT2D eigenvalue weighted by Gasteiger charge is 2.08. The van der Waals surface area contributed by atoms with Crippen molar-refractivity contribution in [1.82, 2.24) is 15.1 Å². The van der Waals surface area contributed by atoms with Crippen molar-refractivity contribution < 1.29 is 15.0 Å². The average molecular weight is 351 g/mol. The standard InChI is InChI=1S/C20H21N3O3/c1-13-11-14(2)23(22-13)17-6-4-16(5-7-17)20(26)21-10-9-15-3-8-18(24)19(25)12-15/h3-8,11-12,24-25H,9-10H2,1-2H3,(H,21,26). The van der Waals surface area contributed by atoms with Gasteiger partial charge >= 0.3 is 0 Å². The minimum atomic E-state index is -0.159. The number of hydrogen-bond acceptors (Lipinski definition) is 4. The summed E-state index contributed by atoms with van der Waals surface area (Å²) in [5, 5.41) is 26.1. The Balaban J connectivity index is 1.59. The van der Waals surface area contributed by atoms with E-state index in [4.69, 9.17) is 0 Å². The molecule has 3 rings (SSSR count). The van der Waals surface area contributed by atoms with Gasteiger partial charge in [0.15, 0.2) is 11.5 Å². The number of aromatic hydroxyl groups is 2. The van der Waals surface area contributed by atoms with Gasteiger partial charge in [-0.1, -0.05) is 6.07 Å². The van der Waals surface area contributed by atoms with Crippen LogP contribution < -0.4 is 5.32 Å². The molecule has 1 heterocycles. The van der Waals surface area contributed by atoms with Crippen molar-refractivity contribution >= 4 is 5.91 Å². The number of benzene rings is 2. The van der Waals surface area contributed by atoms with E-state index in [1.807, 2.05) is 36.7 Å². The van der Waals surface area contributed by atoms with E-state index in [0.717, 1.165) is 22.6 Å². The van der Waals surface area contributed by atoms with Crippen LogP contribution in [0.15, 0.2) is 48.5 Å². The zero-order valence-electron chi connectivity index (χ0n) is 14.7. The first-order chi connectivity index (χ1) is 12.4. The molecule has 0 fully saturated rings. The third kappa shape index (κ3) is 3.85. The molecule has 26 heavy (non-hydrogen) atoms. The summed E-state index contributed by atoms with van der Waals surface area (Å²) < 4.78 is 1.84. The first-order valence-electron chi connectivity index (χ1n) is 8.37. The molecule has 0 spiro atoms. The molecule has 0 bridgehead atoms. The number of phenolic OH excluding ortho intramolecular Hbond substituents is 2. The van der Waals surface area contributed by atoms with E-state index in [9.17, 15) is 15.0 Å². The summed E-state index contributed by atoms with van der Waals surface area (Å²) in [7, 11) is 0. The fourth-order valence-corrected chi connectivity index (χ4v) is 2.79. The van der Waals surface area contributed by atoms with Crippen LogP contribution >= 0.6 is 0 Å². The minimum absolute atomic E-state index is 0.152. The number of amides is 1. The van der Waals surface area contributed by atoms with Crippen molar-refractivity contribution in [2.24, 2.45) is 0 Å². The molecule has 0 aliphatic rings. The van der Waals surface area contributed by atoms with Crippen LogP contribution in [-0.2, 0) is 6.42 Å². The van der Waals surface area contributed by atoms with Gasteiger partial charge in [0.25, 0.3) is 5.91 Å². The molecule has 0 atom stereocenters. The average Bonchev–Trinajstić information content (AvgIpc) is 2.96. The van der Waals surface area contributed by atoms with E-state index in [0.29, 0.717) is 18.5 Å². The van der Waals surface area contributed by atoms with Crippen LogP contribution in [0.3, 0.4) is 0 Å². The number of rotatable bonds is 5. The number of aryl methyl sites for hydroxylation is 2. The number of nitrogens with one attached hydrogen (secondary N) is 1. The van der Waals surface area contributed by atoms with E-state index < -0.39 is 0 Å². The lowest BCUT2D eigenvalue weighted by Gasteiger charge is -2.08. The van der Waals surface area contributed by atoms with Gasteiger partial charge in [-0.3, -0.25) is 4.79 Å². The molecule has 3 aromatic rings. The second kappa shape index (κ2) is 7.31. The Morgan fingerprint density at radius 3 is 2.38 bits per heavy atom. The maximum atomic E-state index is 12.3. The highest BCUT2D eigenvalue weighted by Crippen LogP contribution is 2.24. The molecule has 1 amide bonds. The largest absolute Gasteiger partial charge is 0.504 e. The topological polar surface area (TPSA) is 87.4 Å². The lowest BCUT2D eigenvalue weighted by atomic mass is 10.1. The van der Waals surface area contributed by atoms with Crippen molar-refractivity contribution in [1.29, 1.82) is 0 Å². The zero-order chi connectivity index (χ0) is 18.7. The summed E-state index contributed by atoms with van der Waals surface area (Å²) in [6, 6.07) is 13.9. The molecule has 0 radical (unpaired) electrons. The maximum absolute atomic E-state index is 12.3. The van der Waals surface area contributed by atoms with Crippen LogP contribution in [0.2, 0.25) is 0 Å². The summed E-state index contributed by atoms with van der Waals surface area (Å²) in [6.07, 6.45) is 0.559. The summed E-state index contributed by atoms with van der Waals surface area (Å²) in [5.74, 6) is -0.470. The van der Waals surface area contributed by atoms with Gasteiger partial charge in [-0.2, -0.15) is 5.10 Å². The van der Waals surface area contributed by atoms with Crippen LogP contribution in [0, 0.1) is 13.8 Å². The lowest BCUT2D eigenvalue weighted by Crippen LogP contribution is -2.25. The molecule has 0 saturated heterocycles. The number of carbonyl (C=O) groups is 1. The van der Waals surface area contributed by atoms with Crippen molar-refractivity contribution in [3.8, 4) is 17.2 Å². The molecule has 134 valence electrons. The number of aromatic nitrogens is 2. The van der Waals surface area contributed by atoms with Crippen molar-refractivity contribution in [2.45, 2.75) is 20.3 Å². The Hall–Kier alpha value is -3.28. The molecule has 0 aliphatic heterocycles. The molecular formula is C20H21N3O3. The second-order valence-corrected chi connectivity index (χ2v) is 6.21. The molecule has 0 saturated carbocycles. The van der Waals surface area contributed by atoms with Gasteiger partial charge < -0.3 is 15.5 Å². The first-order valence-corrected chi connectivity index (χ1v) is 8.37. The maximum Gasteiger partial charge on any atom is 0.251 e. The Morgan fingerprint density at radius 2 is 1.77 bits per heavy atom. The predicted octanol–water partition coefficient (Wildman–Crippen LogP) is 2.87. The zero-order valence-corrected chi connectivity index (χ0v) is 14.7. The van der Waals surface area contributed by atoms with Crippen LogP contribution in [-0.4, -0.2) is 32.4 Å². The van der Waals surface area contributed by atoms with E-state index in [2.05, 4.69) is 10.4 Å². The third-order valence-corrected chi connectivity index (χ3v) is 4.12. The van der Waals surface area contributed by atoms with Gasteiger partial charge in [0.1, 0.15) is 0 Å². The molecular weight excluding hydrogens is 330 g/mol. The number of phenols is 2.